The van der Waals surface area contributed by atoms with E-state index in [2.05, 4.69) is 6.92 Å². The van der Waals surface area contributed by atoms with Crippen LogP contribution in [-0.4, -0.2) is 5.78 Å². The van der Waals surface area contributed by atoms with Crippen LogP contribution in [0, 0.1) is 13.8 Å². The number of Topliss-reactive ketones (excluding diaryl/α,β-unsaturated/α-hetero) is 1. The van der Waals surface area contributed by atoms with Crippen molar-refractivity contribution < 1.29 is 4.79 Å². The Morgan fingerprint density at radius 1 is 0.714 bits per heavy atom. The zero-order valence-electron chi connectivity index (χ0n) is 19.0. The van der Waals surface area contributed by atoms with Gasteiger partial charge in [-0.1, -0.05) is 103 Å². The highest BCUT2D eigenvalue weighted by Gasteiger charge is 2.13. The van der Waals surface area contributed by atoms with E-state index in [0.717, 1.165) is 29.5 Å². The van der Waals surface area contributed by atoms with Gasteiger partial charge < -0.3 is 5.73 Å². The molecule has 160 valence electrons. The Bertz CT molecular complexity index is 550. The summed E-state index contributed by atoms with van der Waals surface area (Å²) in [7, 11) is 0. The van der Waals surface area contributed by atoms with Gasteiger partial charge >= 0.3 is 0 Å². The summed E-state index contributed by atoms with van der Waals surface area (Å²) in [5, 5.41) is 0. The van der Waals surface area contributed by atoms with Crippen LogP contribution in [0.25, 0.3) is 0 Å². The van der Waals surface area contributed by atoms with Crippen molar-refractivity contribution in [1.82, 2.24) is 0 Å². The molecule has 0 saturated carbocycles. The minimum absolute atomic E-state index is 0.216. The second-order valence-electron chi connectivity index (χ2n) is 8.59. The summed E-state index contributed by atoms with van der Waals surface area (Å²) < 4.78 is 0. The van der Waals surface area contributed by atoms with Crippen LogP contribution in [0.4, 0.5) is 5.69 Å². The quantitative estimate of drug-likeness (QED) is 0.166. The molecule has 1 rings (SSSR count). The minimum Gasteiger partial charge on any atom is -0.398 e. The van der Waals surface area contributed by atoms with Crippen LogP contribution in [-0.2, 0) is 0 Å². The van der Waals surface area contributed by atoms with Crippen molar-refractivity contribution >= 4 is 11.5 Å². The third kappa shape index (κ3) is 10.3. The van der Waals surface area contributed by atoms with Crippen LogP contribution in [0.2, 0.25) is 0 Å². The molecule has 2 heteroatoms. The summed E-state index contributed by atoms with van der Waals surface area (Å²) in [4.78, 5) is 12.5. The molecule has 0 aliphatic rings. The number of ketones is 1. The smallest absolute Gasteiger partial charge is 0.165 e. The van der Waals surface area contributed by atoms with E-state index < -0.39 is 0 Å². The maximum atomic E-state index is 12.5. The highest BCUT2D eigenvalue weighted by molar-refractivity contribution is 6.02. The van der Waals surface area contributed by atoms with E-state index in [-0.39, 0.29) is 5.78 Å². The number of hydrogen-bond acceptors (Lipinski definition) is 2. The molecule has 0 aliphatic carbocycles. The molecule has 2 N–H and O–H groups in total. The van der Waals surface area contributed by atoms with Crippen LogP contribution >= 0.6 is 0 Å². The van der Waals surface area contributed by atoms with Crippen molar-refractivity contribution in [3.63, 3.8) is 0 Å². The molecule has 0 atom stereocenters. The molecule has 0 bridgehead atoms. The normalized spacial score (nSPS) is 11.1. The van der Waals surface area contributed by atoms with Gasteiger partial charge in [0.2, 0.25) is 0 Å². The predicted octanol–water partition coefficient (Wildman–Crippen LogP) is 8.33. The molecule has 0 spiro atoms. The summed E-state index contributed by atoms with van der Waals surface area (Å²) in [5.74, 6) is 0.216. The maximum Gasteiger partial charge on any atom is 0.165 e. The highest BCUT2D eigenvalue weighted by atomic mass is 16.1. The molecular formula is C26H45NO. The van der Waals surface area contributed by atoms with E-state index in [1.165, 1.54) is 83.5 Å². The molecule has 28 heavy (non-hydrogen) atoms. The third-order valence-electron chi connectivity index (χ3n) is 6.05. The van der Waals surface area contributed by atoms with E-state index in [4.69, 9.17) is 5.73 Å². The molecule has 1 aromatic rings. The van der Waals surface area contributed by atoms with Gasteiger partial charge in [-0.25, -0.2) is 0 Å². The molecular weight excluding hydrogens is 342 g/mol. The molecule has 0 unspecified atom stereocenters. The van der Waals surface area contributed by atoms with Gasteiger partial charge in [-0.3, -0.25) is 4.79 Å². The molecule has 0 heterocycles. The first-order valence-corrected chi connectivity index (χ1v) is 12.0. The van der Waals surface area contributed by atoms with Gasteiger partial charge in [0.1, 0.15) is 0 Å². The summed E-state index contributed by atoms with van der Waals surface area (Å²) in [6, 6.07) is 3.86. The number of benzene rings is 1. The standard InChI is InChI=1S/C26H45NO/c1-4-5-6-7-8-9-10-11-12-13-14-15-16-17-18-19-25(28)26-23(3)22(2)20-21-24(26)27/h20-21H,4-19,27H2,1-3H3. The number of rotatable bonds is 17. The Kier molecular flexibility index (Phi) is 13.8. The van der Waals surface area contributed by atoms with E-state index >= 15 is 0 Å². The molecule has 2 nitrogen and oxygen atoms in total. The molecule has 0 radical (unpaired) electrons. The Morgan fingerprint density at radius 3 is 1.61 bits per heavy atom. The second kappa shape index (κ2) is 15.6. The van der Waals surface area contributed by atoms with Crippen LogP contribution in [0.15, 0.2) is 12.1 Å². The van der Waals surface area contributed by atoms with Gasteiger partial charge in [-0.2, -0.15) is 0 Å². The fourth-order valence-corrected chi connectivity index (χ4v) is 3.99. The van der Waals surface area contributed by atoms with Crippen LogP contribution in [0.1, 0.15) is 131 Å². The fraction of sp³-hybridized carbons (Fsp3) is 0.731. The number of hydrogen-bond donors (Lipinski definition) is 1. The number of aryl methyl sites for hydroxylation is 1. The molecule has 0 aliphatic heterocycles. The lowest BCUT2D eigenvalue weighted by Crippen LogP contribution is -2.07. The Labute approximate surface area is 174 Å². The van der Waals surface area contributed by atoms with E-state index in [9.17, 15) is 4.79 Å². The van der Waals surface area contributed by atoms with Gasteiger partial charge in [0.05, 0.1) is 0 Å². The zero-order chi connectivity index (χ0) is 20.6. The topological polar surface area (TPSA) is 43.1 Å². The van der Waals surface area contributed by atoms with Crippen LogP contribution in [0.3, 0.4) is 0 Å². The van der Waals surface area contributed by atoms with Crippen molar-refractivity contribution in [1.29, 1.82) is 0 Å². The lowest BCUT2D eigenvalue weighted by Gasteiger charge is -2.11. The van der Waals surface area contributed by atoms with Gasteiger partial charge in [0, 0.05) is 17.7 Å². The molecule has 0 aromatic heterocycles. The second-order valence-corrected chi connectivity index (χ2v) is 8.59. The Morgan fingerprint density at radius 2 is 1.14 bits per heavy atom. The maximum absolute atomic E-state index is 12.5. The molecule has 0 saturated heterocycles. The highest BCUT2D eigenvalue weighted by Crippen LogP contribution is 2.23. The van der Waals surface area contributed by atoms with E-state index in [1.54, 1.807) is 0 Å². The summed E-state index contributed by atoms with van der Waals surface area (Å²) >= 11 is 0. The van der Waals surface area contributed by atoms with Crippen molar-refractivity contribution in [3.8, 4) is 0 Å². The molecule has 0 amide bonds. The number of nitrogens with two attached hydrogens (primary N) is 1. The predicted molar refractivity (Wildman–Crippen MR) is 124 cm³/mol. The van der Waals surface area contributed by atoms with Crippen LogP contribution in [0.5, 0.6) is 0 Å². The van der Waals surface area contributed by atoms with E-state index in [1.807, 2.05) is 26.0 Å². The largest absolute Gasteiger partial charge is 0.398 e. The lowest BCUT2D eigenvalue weighted by molar-refractivity contribution is 0.0979. The van der Waals surface area contributed by atoms with E-state index in [0.29, 0.717) is 12.1 Å². The Balaban J connectivity index is 1.96. The van der Waals surface area contributed by atoms with Crippen molar-refractivity contribution in [2.45, 2.75) is 124 Å². The monoisotopic (exact) mass is 387 g/mol. The molecule has 0 fully saturated rings. The number of anilines is 1. The lowest BCUT2D eigenvalue weighted by atomic mass is 9.95. The number of unbranched alkanes of at least 4 members (excludes halogenated alkanes) is 14. The third-order valence-corrected chi connectivity index (χ3v) is 6.05. The first-order valence-electron chi connectivity index (χ1n) is 12.0. The van der Waals surface area contributed by atoms with Crippen molar-refractivity contribution in [2.75, 3.05) is 5.73 Å². The fourth-order valence-electron chi connectivity index (χ4n) is 3.99. The summed E-state index contributed by atoms with van der Waals surface area (Å²) in [6.45, 7) is 6.33. The van der Waals surface area contributed by atoms with Crippen molar-refractivity contribution in [3.05, 3.63) is 28.8 Å². The first kappa shape index (κ1) is 24.7. The average Bonchev–Trinajstić information content (AvgIpc) is 2.68. The Hall–Kier alpha value is -1.31. The summed E-state index contributed by atoms with van der Waals surface area (Å²) in [6.07, 6.45) is 20.8. The first-order chi connectivity index (χ1) is 13.6. The van der Waals surface area contributed by atoms with Crippen LogP contribution < -0.4 is 5.73 Å². The molecule has 1 aromatic carbocycles. The van der Waals surface area contributed by atoms with Gasteiger partial charge in [0.15, 0.2) is 5.78 Å². The van der Waals surface area contributed by atoms with Gasteiger partial charge in [0.25, 0.3) is 0 Å². The summed E-state index contributed by atoms with van der Waals surface area (Å²) in [5.41, 5.74) is 9.61. The van der Waals surface area contributed by atoms with Gasteiger partial charge in [-0.15, -0.1) is 0 Å². The number of carbonyl (C=O) groups is 1. The number of nitrogen functional groups attached to an aromatic ring is 1. The zero-order valence-corrected chi connectivity index (χ0v) is 19.0. The van der Waals surface area contributed by atoms with Crippen molar-refractivity contribution in [2.24, 2.45) is 0 Å². The average molecular weight is 388 g/mol. The number of carbonyl (C=O) groups excluding carboxylic acids is 1. The SMILES string of the molecule is CCCCCCCCCCCCCCCCCC(=O)c1c(N)ccc(C)c1C. The minimum atomic E-state index is 0.216. The van der Waals surface area contributed by atoms with Gasteiger partial charge in [-0.05, 0) is 37.5 Å².